The molecule has 0 spiro atoms. The van der Waals surface area contributed by atoms with Crippen LogP contribution in [0.15, 0.2) is 16.6 Å². The van der Waals surface area contributed by atoms with Gasteiger partial charge < -0.3 is 14.8 Å². The molecule has 1 rings (SSSR count). The standard InChI is InChI=1S/C14H19BrN2O2/c1-18-13-8-11(12(15)9-14(13)19-2)10-17-7-5-3-4-6-16/h8-9,17H,3-5,7,10H2,1-2H3. The maximum atomic E-state index is 8.44. The number of hydrogen-bond acceptors (Lipinski definition) is 4. The predicted octanol–water partition coefficient (Wildman–Crippen LogP) is 3.25. The fourth-order valence-electron chi connectivity index (χ4n) is 1.71. The van der Waals surface area contributed by atoms with E-state index in [2.05, 4.69) is 27.3 Å². The molecule has 0 radical (unpaired) electrons. The van der Waals surface area contributed by atoms with Gasteiger partial charge in [0, 0.05) is 17.4 Å². The maximum absolute atomic E-state index is 8.44. The molecule has 0 aliphatic carbocycles. The van der Waals surface area contributed by atoms with E-state index in [1.54, 1.807) is 14.2 Å². The zero-order chi connectivity index (χ0) is 14.1. The van der Waals surface area contributed by atoms with Crippen LogP contribution in [-0.4, -0.2) is 20.8 Å². The second kappa shape index (κ2) is 8.78. The Morgan fingerprint density at radius 1 is 1.21 bits per heavy atom. The van der Waals surface area contributed by atoms with E-state index >= 15 is 0 Å². The van der Waals surface area contributed by atoms with Gasteiger partial charge in [-0.15, -0.1) is 0 Å². The molecule has 19 heavy (non-hydrogen) atoms. The Morgan fingerprint density at radius 2 is 1.89 bits per heavy atom. The van der Waals surface area contributed by atoms with Crippen molar-refractivity contribution in [3.8, 4) is 17.6 Å². The molecule has 104 valence electrons. The van der Waals surface area contributed by atoms with E-state index in [9.17, 15) is 0 Å². The van der Waals surface area contributed by atoms with E-state index in [-0.39, 0.29) is 0 Å². The van der Waals surface area contributed by atoms with E-state index < -0.39 is 0 Å². The third-order valence-electron chi connectivity index (χ3n) is 2.76. The van der Waals surface area contributed by atoms with Crippen molar-refractivity contribution in [3.63, 3.8) is 0 Å². The van der Waals surface area contributed by atoms with Crippen molar-refractivity contribution in [1.82, 2.24) is 5.32 Å². The molecule has 0 amide bonds. The molecule has 0 bridgehead atoms. The summed E-state index contributed by atoms with van der Waals surface area (Å²) in [5, 5.41) is 11.8. The highest BCUT2D eigenvalue weighted by molar-refractivity contribution is 9.10. The molecule has 5 heteroatoms. The molecule has 0 fully saturated rings. The third kappa shape index (κ3) is 5.09. The van der Waals surface area contributed by atoms with Crippen LogP contribution in [0.25, 0.3) is 0 Å². The van der Waals surface area contributed by atoms with Crippen molar-refractivity contribution in [2.75, 3.05) is 20.8 Å². The average Bonchev–Trinajstić information content (AvgIpc) is 2.43. The average molecular weight is 327 g/mol. The second-order valence-electron chi connectivity index (χ2n) is 4.09. The monoisotopic (exact) mass is 326 g/mol. The summed E-state index contributed by atoms with van der Waals surface area (Å²) >= 11 is 3.53. The minimum atomic E-state index is 0.627. The number of ether oxygens (including phenoxy) is 2. The Bertz CT molecular complexity index is 444. The summed E-state index contributed by atoms with van der Waals surface area (Å²) in [6, 6.07) is 6.02. The molecular formula is C14H19BrN2O2. The summed E-state index contributed by atoms with van der Waals surface area (Å²) in [5.41, 5.74) is 1.12. The zero-order valence-corrected chi connectivity index (χ0v) is 12.9. The lowest BCUT2D eigenvalue weighted by Crippen LogP contribution is -2.15. The molecule has 1 N–H and O–H groups in total. The summed E-state index contributed by atoms with van der Waals surface area (Å²) in [5.74, 6) is 1.44. The van der Waals surface area contributed by atoms with Crippen LogP contribution in [0.5, 0.6) is 11.5 Å². The molecule has 1 aromatic rings. The molecule has 0 aromatic heterocycles. The number of halogens is 1. The Balaban J connectivity index is 2.52. The largest absolute Gasteiger partial charge is 0.493 e. The number of nitrogens with one attached hydrogen (secondary N) is 1. The third-order valence-corrected chi connectivity index (χ3v) is 3.50. The van der Waals surface area contributed by atoms with Crippen LogP contribution < -0.4 is 14.8 Å². The van der Waals surface area contributed by atoms with E-state index in [0.717, 1.165) is 41.7 Å². The number of nitrogens with zero attached hydrogens (tertiary/aromatic N) is 1. The van der Waals surface area contributed by atoms with Gasteiger partial charge in [0.2, 0.25) is 0 Å². The predicted molar refractivity (Wildman–Crippen MR) is 78.4 cm³/mol. The first-order valence-corrected chi connectivity index (χ1v) is 7.00. The van der Waals surface area contributed by atoms with Crippen molar-refractivity contribution in [2.24, 2.45) is 0 Å². The van der Waals surface area contributed by atoms with Crippen LogP contribution in [0, 0.1) is 11.3 Å². The van der Waals surface area contributed by atoms with Crippen molar-refractivity contribution < 1.29 is 9.47 Å². The molecule has 0 unspecified atom stereocenters. The van der Waals surface area contributed by atoms with Crippen LogP contribution in [0.1, 0.15) is 24.8 Å². The molecule has 0 aliphatic heterocycles. The minimum Gasteiger partial charge on any atom is -0.493 e. The highest BCUT2D eigenvalue weighted by Crippen LogP contribution is 2.33. The number of rotatable bonds is 8. The van der Waals surface area contributed by atoms with Crippen molar-refractivity contribution in [2.45, 2.75) is 25.8 Å². The fraction of sp³-hybridized carbons (Fsp3) is 0.500. The Hall–Kier alpha value is -1.25. The lowest BCUT2D eigenvalue weighted by molar-refractivity contribution is 0.354. The van der Waals surface area contributed by atoms with E-state index in [4.69, 9.17) is 14.7 Å². The topological polar surface area (TPSA) is 54.3 Å². The van der Waals surface area contributed by atoms with E-state index in [1.807, 2.05) is 12.1 Å². The van der Waals surface area contributed by atoms with Crippen molar-refractivity contribution in [1.29, 1.82) is 5.26 Å². The molecule has 1 aromatic carbocycles. The van der Waals surface area contributed by atoms with Gasteiger partial charge in [-0.3, -0.25) is 0 Å². The molecule has 0 atom stereocenters. The number of hydrogen-bond donors (Lipinski definition) is 1. The van der Waals surface area contributed by atoms with Crippen molar-refractivity contribution in [3.05, 3.63) is 22.2 Å². The van der Waals surface area contributed by atoms with Gasteiger partial charge >= 0.3 is 0 Å². The Labute approximate surface area is 122 Å². The molecule has 4 nitrogen and oxygen atoms in total. The minimum absolute atomic E-state index is 0.627. The lowest BCUT2D eigenvalue weighted by Gasteiger charge is -2.12. The van der Waals surface area contributed by atoms with Gasteiger partial charge in [-0.2, -0.15) is 5.26 Å². The Morgan fingerprint density at radius 3 is 2.53 bits per heavy atom. The second-order valence-corrected chi connectivity index (χ2v) is 4.94. The fourth-order valence-corrected chi connectivity index (χ4v) is 2.17. The quantitative estimate of drug-likeness (QED) is 0.745. The molecule has 0 heterocycles. The van der Waals surface area contributed by atoms with E-state index in [0.29, 0.717) is 12.2 Å². The van der Waals surface area contributed by atoms with Crippen LogP contribution >= 0.6 is 15.9 Å². The van der Waals surface area contributed by atoms with Gasteiger partial charge in [0.05, 0.1) is 20.3 Å². The summed E-state index contributed by atoms with van der Waals surface area (Å²) < 4.78 is 11.5. The zero-order valence-electron chi connectivity index (χ0n) is 11.3. The highest BCUT2D eigenvalue weighted by Gasteiger charge is 2.08. The molecule has 0 saturated heterocycles. The first-order chi connectivity index (χ1) is 9.22. The summed E-state index contributed by atoms with van der Waals surface area (Å²) in [6.07, 6.45) is 2.58. The summed E-state index contributed by atoms with van der Waals surface area (Å²) in [4.78, 5) is 0. The molecular weight excluding hydrogens is 308 g/mol. The van der Waals surface area contributed by atoms with Crippen molar-refractivity contribution >= 4 is 15.9 Å². The molecule has 0 saturated carbocycles. The summed E-state index contributed by atoms with van der Waals surface area (Å²) in [6.45, 7) is 1.66. The van der Waals surface area contributed by atoms with Gasteiger partial charge in [-0.1, -0.05) is 15.9 Å². The van der Waals surface area contributed by atoms with Gasteiger partial charge in [0.1, 0.15) is 0 Å². The first kappa shape index (κ1) is 15.8. The first-order valence-electron chi connectivity index (χ1n) is 6.21. The van der Waals surface area contributed by atoms with Crippen LogP contribution in [0.4, 0.5) is 0 Å². The summed E-state index contributed by atoms with van der Waals surface area (Å²) in [7, 11) is 3.25. The SMILES string of the molecule is COc1cc(Br)c(CNCCCCC#N)cc1OC. The maximum Gasteiger partial charge on any atom is 0.161 e. The van der Waals surface area contributed by atoms with Crippen LogP contribution in [0.2, 0.25) is 0 Å². The number of benzene rings is 1. The smallest absolute Gasteiger partial charge is 0.161 e. The number of nitriles is 1. The normalized spacial score (nSPS) is 10.0. The van der Waals surface area contributed by atoms with Gasteiger partial charge in [-0.05, 0) is 37.1 Å². The van der Waals surface area contributed by atoms with Crippen LogP contribution in [-0.2, 0) is 6.54 Å². The highest BCUT2D eigenvalue weighted by atomic mass is 79.9. The van der Waals surface area contributed by atoms with Gasteiger partial charge in [0.15, 0.2) is 11.5 Å². The van der Waals surface area contributed by atoms with Crippen LogP contribution in [0.3, 0.4) is 0 Å². The Kier molecular flexibility index (Phi) is 7.31. The van der Waals surface area contributed by atoms with E-state index in [1.165, 1.54) is 0 Å². The number of methoxy groups -OCH3 is 2. The van der Waals surface area contributed by atoms with Gasteiger partial charge in [0.25, 0.3) is 0 Å². The number of unbranched alkanes of at least 4 members (excludes halogenated alkanes) is 2. The molecule has 0 aliphatic rings. The van der Waals surface area contributed by atoms with Gasteiger partial charge in [-0.25, -0.2) is 0 Å². The lowest BCUT2D eigenvalue weighted by atomic mass is 10.2.